The molecule has 0 aromatic heterocycles. The van der Waals surface area contributed by atoms with E-state index in [2.05, 4.69) is 26.6 Å². The minimum atomic E-state index is -1.95. The molecule has 558 valence electrons. The van der Waals surface area contributed by atoms with Gasteiger partial charge in [-0.3, -0.25) is 48.1 Å². The van der Waals surface area contributed by atoms with Crippen molar-refractivity contribution in [1.29, 1.82) is 5.26 Å². The number of primary amides is 1. The molecule has 24 nitrogen and oxygen atoms in total. The van der Waals surface area contributed by atoms with Crippen LogP contribution >= 0.6 is 0 Å². The van der Waals surface area contributed by atoms with E-state index in [1.165, 1.54) is 14.2 Å². The lowest BCUT2D eigenvalue weighted by molar-refractivity contribution is -0.148. The number of nitrogens with one attached hydrogen (secondary N) is 5. The number of nitriles is 1. The molecule has 0 aliphatic carbocycles. The largest absolute Gasteiger partial charge is 0.420 e. The molecule has 0 radical (unpaired) electrons. The second kappa shape index (κ2) is 40.1. The van der Waals surface area contributed by atoms with Crippen LogP contribution in [0.5, 0.6) is 5.75 Å². The molecule has 2 saturated heterocycles. The maximum atomic E-state index is 14.6. The van der Waals surface area contributed by atoms with Gasteiger partial charge in [-0.25, -0.2) is 18.0 Å². The molecule has 7 N–H and O–H groups in total. The highest BCUT2D eigenvalue weighted by atomic mass is 19.2. The minimum absolute atomic E-state index is 0.0185. The van der Waals surface area contributed by atoms with Gasteiger partial charge in [0.2, 0.25) is 47.0 Å². The van der Waals surface area contributed by atoms with Crippen molar-refractivity contribution in [2.75, 3.05) is 66.9 Å². The Morgan fingerprint density at radius 2 is 1.40 bits per heavy atom. The summed E-state index contributed by atoms with van der Waals surface area (Å²) < 4.78 is 73.7. The molecule has 2 fully saturated rings. The van der Waals surface area contributed by atoms with E-state index in [9.17, 15) is 70.8 Å². The standard InChI is InChI=1S/C72H109F4N11O13/c1-17-42(8)64(85(14)70(95)62(40(4)5)83-69(94)63(41(6)7)84(12)13)54(98-15)36-56(91)87-31-19-22-51(87)65(99-16)44(10)52(88)35-49(37-77)67(92)80-38-46-24-26-50(27-25-46)81-68(93)47(21-18-29-79-72(78)97)34-53(89)61(39(2)3)82-55(90)23-20-30-86-32-28-48(33-43(86)9)71(96)100-66-58(74)45(11)57(73)59(75)60(66)76/h24-27,39-44,47-49,51,54,61-65H,17-23,28-36,38H2,1-16H3,(H,80,92)(H,81,93)(H,82,90)(H,83,94)(H3,78,79,97)/t42-,43?,44-,47+,48?,49-,51-,54+,61-,62-,63-,64-,65+/m0/s1. The normalized spacial score (nSPS) is 18.7. The zero-order valence-electron chi connectivity index (χ0n) is 61.2. The number of ether oxygens (including phenoxy) is 3. The number of likely N-dealkylation sites (N-methyl/N-ethyl adjacent to an activating group) is 2. The van der Waals surface area contributed by atoms with E-state index in [0.29, 0.717) is 56.6 Å². The van der Waals surface area contributed by atoms with Gasteiger partial charge in [-0.05, 0) is 127 Å². The predicted molar refractivity (Wildman–Crippen MR) is 367 cm³/mol. The van der Waals surface area contributed by atoms with Gasteiger partial charge >= 0.3 is 12.0 Å². The summed E-state index contributed by atoms with van der Waals surface area (Å²) in [6.45, 7) is 20.7. The number of carbonyl (C=O) groups excluding carboxylic acids is 10. The molecule has 2 unspecified atom stereocenters. The van der Waals surface area contributed by atoms with Gasteiger partial charge in [0.25, 0.3) is 0 Å². The molecule has 0 saturated carbocycles. The Morgan fingerprint density at radius 1 is 0.750 bits per heavy atom. The number of ketones is 2. The topological polar surface area (TPSA) is 321 Å². The van der Waals surface area contributed by atoms with Gasteiger partial charge in [0.15, 0.2) is 23.2 Å². The first-order valence-electron chi connectivity index (χ1n) is 34.9. The molecule has 0 spiro atoms. The van der Waals surface area contributed by atoms with Crippen LogP contribution in [0.15, 0.2) is 24.3 Å². The molecule has 0 bridgehead atoms. The summed E-state index contributed by atoms with van der Waals surface area (Å²) >= 11 is 0. The molecule has 2 heterocycles. The lowest BCUT2D eigenvalue weighted by Crippen LogP contribution is -2.59. The van der Waals surface area contributed by atoms with Crippen molar-refractivity contribution in [3.63, 3.8) is 0 Å². The number of Topliss-reactive ketones (excluding diaryl/α,β-unsaturated/α-hetero) is 2. The summed E-state index contributed by atoms with van der Waals surface area (Å²) in [4.78, 5) is 143. The zero-order valence-corrected chi connectivity index (χ0v) is 61.2. The molecule has 100 heavy (non-hydrogen) atoms. The van der Waals surface area contributed by atoms with Gasteiger partial charge in [-0.15, -0.1) is 0 Å². The monoisotopic (exact) mass is 1410 g/mol. The average Bonchev–Trinajstić information content (AvgIpc) is 1.14. The van der Waals surface area contributed by atoms with Crippen LogP contribution in [0.1, 0.15) is 157 Å². The number of hydrogen-bond donors (Lipinski definition) is 6. The number of urea groups is 1. The predicted octanol–water partition coefficient (Wildman–Crippen LogP) is 7.50. The van der Waals surface area contributed by atoms with Gasteiger partial charge < -0.3 is 61.2 Å². The summed E-state index contributed by atoms with van der Waals surface area (Å²) in [6, 6.07) is 4.01. The number of halogens is 4. The van der Waals surface area contributed by atoms with Gasteiger partial charge in [-0.1, -0.05) is 80.9 Å². The number of nitrogens with zero attached hydrogens (tertiary/aromatic N) is 5. The maximum absolute atomic E-state index is 14.6. The van der Waals surface area contributed by atoms with E-state index in [-0.39, 0.29) is 105 Å². The van der Waals surface area contributed by atoms with Crippen LogP contribution in [0.3, 0.4) is 0 Å². The van der Waals surface area contributed by atoms with Crippen LogP contribution in [0, 0.1) is 88.9 Å². The fraction of sp³-hybridized carbons (Fsp3) is 0.681. The maximum Gasteiger partial charge on any atom is 0.314 e. The number of likely N-dealkylation sites (tertiary alicyclic amines) is 2. The van der Waals surface area contributed by atoms with Crippen molar-refractivity contribution in [2.45, 2.75) is 208 Å². The molecule has 2 aliphatic heterocycles. The molecule has 28 heteroatoms. The zero-order chi connectivity index (χ0) is 75.2. The Balaban J connectivity index is 1.33. The number of carbonyl (C=O) groups is 10. The van der Waals surface area contributed by atoms with Crippen LogP contribution in [-0.2, 0) is 59.2 Å². The van der Waals surface area contributed by atoms with E-state index < -0.39 is 148 Å². The molecule has 2 aromatic rings. The highest BCUT2D eigenvalue weighted by Crippen LogP contribution is 2.34. The Kier molecular flexibility index (Phi) is 34.0. The van der Waals surface area contributed by atoms with Crippen molar-refractivity contribution in [2.24, 2.45) is 53.1 Å². The smallest absolute Gasteiger partial charge is 0.314 e. The number of benzene rings is 2. The van der Waals surface area contributed by atoms with Crippen LogP contribution < -0.4 is 37.1 Å². The molecule has 2 aliphatic rings. The third kappa shape index (κ3) is 23.5. The summed E-state index contributed by atoms with van der Waals surface area (Å²) in [7, 11) is 8.27. The fourth-order valence-corrected chi connectivity index (χ4v) is 13.6. The Bertz CT molecular complexity index is 3150. The van der Waals surface area contributed by atoms with E-state index in [1.807, 2.05) is 78.4 Å². The van der Waals surface area contributed by atoms with Crippen molar-refractivity contribution in [1.82, 2.24) is 40.9 Å². The van der Waals surface area contributed by atoms with E-state index in [0.717, 1.165) is 6.92 Å². The molecule has 8 amide bonds. The molecule has 13 atom stereocenters. The summed E-state index contributed by atoms with van der Waals surface area (Å²) in [6.07, 6.45) is 0.694. The third-order valence-corrected chi connectivity index (χ3v) is 19.6. The van der Waals surface area contributed by atoms with Gasteiger partial charge in [0, 0.05) is 89.3 Å². The fourth-order valence-electron chi connectivity index (χ4n) is 13.6. The minimum Gasteiger partial charge on any atom is -0.420 e. The van der Waals surface area contributed by atoms with Crippen LogP contribution in [0.25, 0.3) is 0 Å². The molecule has 2 aromatic carbocycles. The quantitative estimate of drug-likeness (QED) is 0.00942. The highest BCUT2D eigenvalue weighted by Gasteiger charge is 2.44. The number of piperidine rings is 1. The summed E-state index contributed by atoms with van der Waals surface area (Å²) in [5.41, 5.74) is 5.36. The van der Waals surface area contributed by atoms with Crippen molar-refractivity contribution >= 4 is 64.7 Å². The Labute approximate surface area is 587 Å². The highest BCUT2D eigenvalue weighted by molar-refractivity contribution is 5.97. The van der Waals surface area contributed by atoms with E-state index in [4.69, 9.17) is 19.9 Å². The van der Waals surface area contributed by atoms with Gasteiger partial charge in [-0.2, -0.15) is 9.65 Å². The van der Waals surface area contributed by atoms with Crippen LogP contribution in [-0.4, -0.2) is 189 Å². The lowest BCUT2D eigenvalue weighted by atomic mass is 9.87. The first-order valence-corrected chi connectivity index (χ1v) is 34.9. The van der Waals surface area contributed by atoms with Gasteiger partial charge in [0.05, 0.1) is 54.8 Å². The SMILES string of the molecule is CC[C@H](C)[C@@H]([C@@H](CC(=O)N1CCC[C@H]1[C@H](OC)[C@@H](C)C(=O)C[C@@H](C#N)C(=O)NCc1ccc(NC(=O)[C@H](CCCNC(N)=O)CC(=O)[C@@H](NC(=O)CCCN2CCC(C(=O)Oc3c(F)c(C)c(F)c(F)c3F)CC2C)C(C)C)cc1)OC)N(C)C(=O)[C@@H](NC(=O)[C@H](C(C)C)N(C)C)C(C)C. The van der Waals surface area contributed by atoms with E-state index >= 15 is 0 Å². The lowest BCUT2D eigenvalue weighted by Gasteiger charge is -2.41. The second-order valence-electron chi connectivity index (χ2n) is 28.2. The number of rotatable bonds is 39. The molecular formula is C72H109F4N11O13. The number of nitrogens with two attached hydrogens (primary N) is 1. The Morgan fingerprint density at radius 3 is 1.96 bits per heavy atom. The molecule has 4 rings (SSSR count). The second-order valence-corrected chi connectivity index (χ2v) is 28.2. The Hall–Kier alpha value is -7.61. The van der Waals surface area contributed by atoms with Crippen molar-refractivity contribution in [3.05, 3.63) is 58.7 Å². The number of methoxy groups -OCH3 is 2. The first-order chi connectivity index (χ1) is 47.0. The van der Waals surface area contributed by atoms with E-state index in [1.54, 1.807) is 61.9 Å². The van der Waals surface area contributed by atoms with Crippen molar-refractivity contribution < 1.29 is 79.7 Å². The summed E-state index contributed by atoms with van der Waals surface area (Å²) in [5, 5.41) is 24.1. The molecular weight excluding hydrogens is 1300 g/mol. The van der Waals surface area contributed by atoms with Gasteiger partial charge in [0.1, 0.15) is 17.7 Å². The number of anilines is 1. The summed E-state index contributed by atoms with van der Waals surface area (Å²) in [5.74, 6) is -17.4. The van der Waals surface area contributed by atoms with Crippen LogP contribution in [0.2, 0.25) is 0 Å². The number of amides is 8. The number of hydrogen-bond acceptors (Lipinski definition) is 16. The first kappa shape index (κ1) is 84.8. The average molecular weight is 1410 g/mol. The number of esters is 1. The third-order valence-electron chi connectivity index (χ3n) is 19.6. The van der Waals surface area contributed by atoms with Crippen LogP contribution in [0.4, 0.5) is 28.0 Å². The van der Waals surface area contributed by atoms with Crippen molar-refractivity contribution in [3.8, 4) is 11.8 Å².